The number of benzene rings is 2. The summed E-state index contributed by atoms with van der Waals surface area (Å²) in [6.07, 6.45) is 0. The summed E-state index contributed by atoms with van der Waals surface area (Å²) >= 11 is 13.2. The van der Waals surface area contributed by atoms with Crippen LogP contribution in [0.15, 0.2) is 46.5 Å². The van der Waals surface area contributed by atoms with E-state index in [1.807, 2.05) is 6.92 Å². The Morgan fingerprint density at radius 1 is 1.07 bits per heavy atom. The molecule has 0 amide bonds. The topological polar surface area (TPSA) is 117 Å². The van der Waals surface area contributed by atoms with Gasteiger partial charge in [-0.1, -0.05) is 23.2 Å². The molecule has 3 aromatic rings. The summed E-state index contributed by atoms with van der Waals surface area (Å²) in [6.45, 7) is 2.34. The van der Waals surface area contributed by atoms with E-state index >= 15 is 0 Å². The van der Waals surface area contributed by atoms with Gasteiger partial charge in [0.2, 0.25) is 0 Å². The minimum atomic E-state index is -0.684. The molecule has 0 bridgehead atoms. The SMILES string of the molecule is CCn1c(Sc2ccc([N+](=O)[O-])cc2[N+](=O)[O-])nnc1-c1ccc(Cl)cc1Cl. The van der Waals surface area contributed by atoms with Crippen molar-refractivity contribution in [2.75, 3.05) is 0 Å². The predicted octanol–water partition coefficient (Wildman–Crippen LogP) is 5.24. The summed E-state index contributed by atoms with van der Waals surface area (Å²) in [6, 6.07) is 8.42. The molecule has 12 heteroatoms. The lowest BCUT2D eigenvalue weighted by atomic mass is 10.2. The van der Waals surface area contributed by atoms with Crippen molar-refractivity contribution in [2.24, 2.45) is 0 Å². The van der Waals surface area contributed by atoms with E-state index in [0.717, 1.165) is 17.8 Å². The molecule has 144 valence electrons. The van der Waals surface area contributed by atoms with Crippen molar-refractivity contribution in [3.05, 3.63) is 66.7 Å². The Hall–Kier alpha value is -2.69. The van der Waals surface area contributed by atoms with Crippen molar-refractivity contribution < 1.29 is 9.85 Å². The fraction of sp³-hybridized carbons (Fsp3) is 0.125. The van der Waals surface area contributed by atoms with E-state index in [-0.39, 0.29) is 16.3 Å². The van der Waals surface area contributed by atoms with E-state index in [9.17, 15) is 20.2 Å². The van der Waals surface area contributed by atoms with Gasteiger partial charge in [0.1, 0.15) is 0 Å². The molecule has 0 saturated heterocycles. The highest BCUT2D eigenvalue weighted by Gasteiger charge is 2.23. The van der Waals surface area contributed by atoms with Crippen molar-refractivity contribution in [3.63, 3.8) is 0 Å². The molecule has 0 N–H and O–H groups in total. The van der Waals surface area contributed by atoms with Crippen LogP contribution in [0.2, 0.25) is 10.0 Å². The minimum absolute atomic E-state index is 0.214. The summed E-state index contributed by atoms with van der Waals surface area (Å²) in [7, 11) is 0. The van der Waals surface area contributed by atoms with E-state index in [0.29, 0.717) is 33.1 Å². The van der Waals surface area contributed by atoms with Crippen molar-refractivity contribution in [1.82, 2.24) is 14.8 Å². The van der Waals surface area contributed by atoms with Gasteiger partial charge in [0, 0.05) is 23.2 Å². The van der Waals surface area contributed by atoms with Gasteiger partial charge in [-0.2, -0.15) is 0 Å². The van der Waals surface area contributed by atoms with Crippen LogP contribution in [-0.4, -0.2) is 24.6 Å². The van der Waals surface area contributed by atoms with Gasteiger partial charge in [-0.15, -0.1) is 10.2 Å². The van der Waals surface area contributed by atoms with Gasteiger partial charge in [0.25, 0.3) is 11.4 Å². The molecular formula is C16H11Cl2N5O4S. The number of hydrogen-bond acceptors (Lipinski definition) is 7. The highest BCUT2D eigenvalue weighted by molar-refractivity contribution is 7.99. The van der Waals surface area contributed by atoms with Gasteiger partial charge in [-0.3, -0.25) is 20.2 Å². The first-order valence-corrected chi connectivity index (χ1v) is 9.38. The largest absolute Gasteiger partial charge is 0.302 e. The Bertz CT molecular complexity index is 1090. The number of aromatic nitrogens is 3. The average molecular weight is 440 g/mol. The van der Waals surface area contributed by atoms with Gasteiger partial charge in [0.15, 0.2) is 11.0 Å². The van der Waals surface area contributed by atoms with Crippen molar-refractivity contribution in [2.45, 2.75) is 23.5 Å². The van der Waals surface area contributed by atoms with Gasteiger partial charge in [0.05, 0.1) is 25.8 Å². The predicted molar refractivity (Wildman–Crippen MR) is 105 cm³/mol. The fourth-order valence-corrected chi connectivity index (χ4v) is 3.94. The monoisotopic (exact) mass is 439 g/mol. The molecule has 28 heavy (non-hydrogen) atoms. The first-order chi connectivity index (χ1) is 13.3. The molecule has 3 rings (SSSR count). The van der Waals surface area contributed by atoms with Crippen LogP contribution < -0.4 is 0 Å². The third kappa shape index (κ3) is 3.93. The molecule has 0 aliphatic rings. The molecule has 0 radical (unpaired) electrons. The molecule has 0 spiro atoms. The van der Waals surface area contributed by atoms with Crippen LogP contribution in [0.4, 0.5) is 11.4 Å². The highest BCUT2D eigenvalue weighted by Crippen LogP contribution is 2.38. The number of non-ortho nitro benzene ring substituents is 1. The van der Waals surface area contributed by atoms with E-state index < -0.39 is 9.85 Å². The Balaban J connectivity index is 2.04. The molecule has 1 aromatic heterocycles. The Morgan fingerprint density at radius 3 is 2.43 bits per heavy atom. The smallest absolute Gasteiger partial charge is 0.290 e. The second kappa shape index (κ2) is 8.13. The first-order valence-electron chi connectivity index (χ1n) is 7.81. The van der Waals surface area contributed by atoms with Crippen LogP contribution in [0, 0.1) is 20.2 Å². The van der Waals surface area contributed by atoms with E-state index in [2.05, 4.69) is 10.2 Å². The summed E-state index contributed by atoms with van der Waals surface area (Å²) in [5, 5.41) is 31.8. The molecule has 0 aliphatic carbocycles. The van der Waals surface area contributed by atoms with Gasteiger partial charge < -0.3 is 4.57 Å². The zero-order valence-electron chi connectivity index (χ0n) is 14.2. The van der Waals surface area contributed by atoms with Crippen LogP contribution in [-0.2, 0) is 6.54 Å². The lowest BCUT2D eigenvalue weighted by Crippen LogP contribution is -2.01. The van der Waals surface area contributed by atoms with Crippen molar-refractivity contribution in [3.8, 4) is 11.4 Å². The molecule has 9 nitrogen and oxygen atoms in total. The summed E-state index contributed by atoms with van der Waals surface area (Å²) in [4.78, 5) is 21.1. The number of rotatable bonds is 6. The maximum Gasteiger partial charge on any atom is 0.290 e. The third-order valence-corrected chi connectivity index (χ3v) is 5.35. The van der Waals surface area contributed by atoms with Crippen LogP contribution >= 0.6 is 35.0 Å². The molecule has 0 atom stereocenters. The van der Waals surface area contributed by atoms with E-state index in [1.165, 1.54) is 12.1 Å². The zero-order valence-corrected chi connectivity index (χ0v) is 16.5. The second-order valence-corrected chi connectivity index (χ2v) is 7.30. The molecule has 2 aromatic carbocycles. The summed E-state index contributed by atoms with van der Waals surface area (Å²) in [5.41, 5.74) is -0.122. The van der Waals surface area contributed by atoms with Gasteiger partial charge >= 0.3 is 0 Å². The molecular weight excluding hydrogens is 429 g/mol. The summed E-state index contributed by atoms with van der Waals surface area (Å²) in [5.74, 6) is 0.483. The number of halogens is 2. The number of nitro benzene ring substituents is 2. The molecule has 0 unspecified atom stereocenters. The summed E-state index contributed by atoms with van der Waals surface area (Å²) < 4.78 is 1.74. The van der Waals surface area contributed by atoms with Gasteiger partial charge in [-0.05, 0) is 43.0 Å². The van der Waals surface area contributed by atoms with Gasteiger partial charge in [-0.25, -0.2) is 0 Å². The van der Waals surface area contributed by atoms with Crippen LogP contribution in [0.5, 0.6) is 0 Å². The first kappa shape index (κ1) is 20.1. The maximum absolute atomic E-state index is 11.3. The lowest BCUT2D eigenvalue weighted by Gasteiger charge is -2.09. The molecule has 0 fully saturated rings. The average Bonchev–Trinajstić information content (AvgIpc) is 3.04. The maximum atomic E-state index is 11.3. The quantitative estimate of drug-likeness (QED) is 0.380. The lowest BCUT2D eigenvalue weighted by molar-refractivity contribution is -0.396. The fourth-order valence-electron chi connectivity index (χ4n) is 2.47. The molecule has 0 aliphatic heterocycles. The zero-order chi connectivity index (χ0) is 20.4. The van der Waals surface area contributed by atoms with Crippen molar-refractivity contribution in [1.29, 1.82) is 0 Å². The standard InChI is InChI=1S/C16H11Cl2N5O4S/c1-2-21-15(11-5-3-9(17)7-12(11)18)19-20-16(21)28-14-6-4-10(22(24)25)8-13(14)23(26)27/h3-8H,2H2,1H3. The molecule has 1 heterocycles. The Kier molecular flexibility index (Phi) is 5.82. The second-order valence-electron chi connectivity index (χ2n) is 5.44. The Labute approximate surface area is 172 Å². The van der Waals surface area contributed by atoms with Crippen LogP contribution in [0.3, 0.4) is 0 Å². The number of nitro groups is 2. The van der Waals surface area contributed by atoms with E-state index in [1.54, 1.807) is 22.8 Å². The normalized spacial score (nSPS) is 10.8. The van der Waals surface area contributed by atoms with Crippen molar-refractivity contribution >= 4 is 46.3 Å². The van der Waals surface area contributed by atoms with Crippen LogP contribution in [0.25, 0.3) is 11.4 Å². The number of hydrogen-bond donors (Lipinski definition) is 0. The minimum Gasteiger partial charge on any atom is -0.302 e. The van der Waals surface area contributed by atoms with Crippen LogP contribution in [0.1, 0.15) is 6.92 Å². The molecule has 0 saturated carbocycles. The van der Waals surface area contributed by atoms with E-state index in [4.69, 9.17) is 23.2 Å². The third-order valence-electron chi connectivity index (χ3n) is 3.76. The Morgan fingerprint density at radius 2 is 1.82 bits per heavy atom. The number of nitrogens with zero attached hydrogens (tertiary/aromatic N) is 5. The highest BCUT2D eigenvalue weighted by atomic mass is 35.5.